The number of carbonyl (C=O) groups is 2. The van der Waals surface area contributed by atoms with Gasteiger partial charge in [-0.05, 0) is 29.5 Å². The molecule has 2 aromatic carbocycles. The summed E-state index contributed by atoms with van der Waals surface area (Å²) in [5, 5.41) is 3.55. The molecule has 134 valence electrons. The van der Waals surface area contributed by atoms with Crippen molar-refractivity contribution in [3.8, 4) is 11.4 Å². The minimum atomic E-state index is -0.375. The monoisotopic (exact) mass is 441 g/mol. The van der Waals surface area contributed by atoms with Crippen LogP contribution in [0.2, 0.25) is 0 Å². The quantitative estimate of drug-likeness (QED) is 0.544. The molecular formula is C19H12BrN3O3S. The smallest absolute Gasteiger partial charge is 0.294 e. The van der Waals surface area contributed by atoms with E-state index in [1.807, 2.05) is 54.6 Å². The second-order valence-electron chi connectivity index (χ2n) is 5.67. The van der Waals surface area contributed by atoms with Gasteiger partial charge in [0.2, 0.25) is 11.7 Å². The largest absolute Gasteiger partial charge is 0.337 e. The van der Waals surface area contributed by atoms with E-state index in [4.69, 9.17) is 4.52 Å². The van der Waals surface area contributed by atoms with Crippen molar-refractivity contribution in [2.75, 3.05) is 0 Å². The Morgan fingerprint density at radius 2 is 1.81 bits per heavy atom. The van der Waals surface area contributed by atoms with Crippen molar-refractivity contribution < 1.29 is 14.1 Å². The third kappa shape index (κ3) is 3.72. The number of amides is 2. The molecule has 0 atom stereocenters. The molecule has 4 rings (SSSR count). The molecular weight excluding hydrogens is 430 g/mol. The summed E-state index contributed by atoms with van der Waals surface area (Å²) in [6, 6.07) is 16.8. The van der Waals surface area contributed by atoms with Gasteiger partial charge < -0.3 is 4.52 Å². The number of nitrogens with zero attached hydrogens (tertiary/aromatic N) is 3. The summed E-state index contributed by atoms with van der Waals surface area (Å²) in [6.07, 6.45) is 1.69. The molecule has 0 bridgehead atoms. The molecule has 0 spiro atoms. The van der Waals surface area contributed by atoms with Crippen LogP contribution in [-0.2, 0) is 11.3 Å². The molecule has 2 amide bonds. The maximum absolute atomic E-state index is 12.6. The predicted octanol–water partition coefficient (Wildman–Crippen LogP) is 4.74. The van der Waals surface area contributed by atoms with Gasteiger partial charge in [-0.2, -0.15) is 4.98 Å². The van der Waals surface area contributed by atoms with Gasteiger partial charge in [-0.25, -0.2) is 0 Å². The van der Waals surface area contributed by atoms with E-state index in [2.05, 4.69) is 26.1 Å². The molecule has 1 fully saturated rings. The fourth-order valence-corrected chi connectivity index (χ4v) is 3.76. The van der Waals surface area contributed by atoms with Crippen molar-refractivity contribution in [3.63, 3.8) is 0 Å². The number of rotatable bonds is 4. The van der Waals surface area contributed by atoms with Gasteiger partial charge in [0, 0.05) is 10.0 Å². The standard InChI is InChI=1S/C19H12BrN3O3S/c20-14-9-5-4-8-13(14)10-15-18(24)23(19(25)27-15)11-16-21-17(22-26-16)12-6-2-1-3-7-12/h1-10H,11H2. The zero-order valence-electron chi connectivity index (χ0n) is 13.8. The van der Waals surface area contributed by atoms with E-state index in [0.717, 1.165) is 32.3 Å². The normalized spacial score (nSPS) is 15.7. The summed E-state index contributed by atoms with van der Waals surface area (Å²) < 4.78 is 6.06. The second-order valence-corrected chi connectivity index (χ2v) is 7.51. The number of hydrogen-bond donors (Lipinski definition) is 0. The van der Waals surface area contributed by atoms with Crippen molar-refractivity contribution in [1.82, 2.24) is 15.0 Å². The Kier molecular flexibility index (Phi) is 4.91. The maximum Gasteiger partial charge on any atom is 0.294 e. The van der Waals surface area contributed by atoms with Crippen molar-refractivity contribution >= 4 is 44.9 Å². The van der Waals surface area contributed by atoms with Crippen molar-refractivity contribution in [2.45, 2.75) is 6.54 Å². The Bertz CT molecular complexity index is 1050. The Hall–Kier alpha value is -2.71. The van der Waals surface area contributed by atoms with Crippen LogP contribution in [0.5, 0.6) is 0 Å². The lowest BCUT2D eigenvalue weighted by Crippen LogP contribution is -2.27. The minimum absolute atomic E-state index is 0.0577. The predicted molar refractivity (Wildman–Crippen MR) is 105 cm³/mol. The number of hydrogen-bond acceptors (Lipinski definition) is 6. The lowest BCUT2D eigenvalue weighted by Gasteiger charge is -2.08. The number of thioether (sulfide) groups is 1. The van der Waals surface area contributed by atoms with Crippen LogP contribution in [0.3, 0.4) is 0 Å². The fraction of sp³-hybridized carbons (Fsp3) is 0.0526. The molecule has 0 N–H and O–H groups in total. The van der Waals surface area contributed by atoms with Gasteiger partial charge in [0.05, 0.1) is 4.91 Å². The number of imide groups is 1. The zero-order valence-corrected chi connectivity index (χ0v) is 16.2. The van der Waals surface area contributed by atoms with Gasteiger partial charge >= 0.3 is 0 Å². The van der Waals surface area contributed by atoms with Gasteiger partial charge in [0.25, 0.3) is 11.1 Å². The highest BCUT2D eigenvalue weighted by atomic mass is 79.9. The third-order valence-corrected chi connectivity index (χ3v) is 5.49. The summed E-state index contributed by atoms with van der Waals surface area (Å²) >= 11 is 4.33. The van der Waals surface area contributed by atoms with Crippen LogP contribution in [0, 0.1) is 0 Å². The van der Waals surface area contributed by atoms with Crippen molar-refractivity contribution in [2.24, 2.45) is 0 Å². The van der Waals surface area contributed by atoms with Crippen LogP contribution in [0.4, 0.5) is 4.79 Å². The first-order chi connectivity index (χ1) is 13.1. The van der Waals surface area contributed by atoms with Crippen molar-refractivity contribution in [1.29, 1.82) is 0 Å². The summed E-state index contributed by atoms with van der Waals surface area (Å²) in [6.45, 7) is -0.0577. The third-order valence-electron chi connectivity index (χ3n) is 3.86. The van der Waals surface area contributed by atoms with E-state index in [1.165, 1.54) is 0 Å². The summed E-state index contributed by atoms with van der Waals surface area (Å²) in [5.74, 6) is 0.250. The van der Waals surface area contributed by atoms with E-state index in [0.29, 0.717) is 10.7 Å². The average Bonchev–Trinajstić information content (AvgIpc) is 3.25. The number of halogens is 1. The average molecular weight is 442 g/mol. The molecule has 6 nitrogen and oxygen atoms in total. The van der Waals surface area contributed by atoms with Gasteiger partial charge in [0.15, 0.2) is 0 Å². The SMILES string of the molecule is O=C1SC(=Cc2ccccc2Br)C(=O)N1Cc1nc(-c2ccccc2)no1. The highest BCUT2D eigenvalue weighted by Gasteiger charge is 2.36. The van der Waals surface area contributed by atoms with E-state index < -0.39 is 0 Å². The first-order valence-corrected chi connectivity index (χ1v) is 9.60. The first kappa shape index (κ1) is 17.7. The Balaban J connectivity index is 1.54. The number of benzene rings is 2. The number of carbonyl (C=O) groups excluding carboxylic acids is 2. The zero-order chi connectivity index (χ0) is 18.8. The summed E-state index contributed by atoms with van der Waals surface area (Å²) in [4.78, 5) is 30.6. The van der Waals surface area contributed by atoms with Crippen LogP contribution >= 0.6 is 27.7 Å². The molecule has 1 aliphatic rings. The van der Waals surface area contributed by atoms with E-state index in [9.17, 15) is 9.59 Å². The number of aromatic nitrogens is 2. The molecule has 1 aromatic heterocycles. The second kappa shape index (κ2) is 7.50. The van der Waals surface area contributed by atoms with Gasteiger partial charge in [0.1, 0.15) is 6.54 Å². The molecule has 0 saturated carbocycles. The Morgan fingerprint density at radius 1 is 1.07 bits per heavy atom. The van der Waals surface area contributed by atoms with E-state index >= 15 is 0 Å². The highest BCUT2D eigenvalue weighted by Crippen LogP contribution is 2.34. The van der Waals surface area contributed by atoms with E-state index in [-0.39, 0.29) is 23.6 Å². The molecule has 8 heteroatoms. The summed E-state index contributed by atoms with van der Waals surface area (Å²) in [5.41, 5.74) is 1.63. The van der Waals surface area contributed by atoms with Gasteiger partial charge in [-0.3, -0.25) is 14.5 Å². The van der Waals surface area contributed by atoms with E-state index in [1.54, 1.807) is 6.08 Å². The molecule has 0 unspecified atom stereocenters. The van der Waals surface area contributed by atoms with Crippen molar-refractivity contribution in [3.05, 3.63) is 75.4 Å². The molecule has 1 aliphatic heterocycles. The molecule has 3 aromatic rings. The van der Waals surface area contributed by atoms with Crippen LogP contribution in [0.15, 0.2) is 68.5 Å². The minimum Gasteiger partial charge on any atom is -0.337 e. The van der Waals surface area contributed by atoms with Crippen LogP contribution < -0.4 is 0 Å². The molecule has 2 heterocycles. The molecule has 27 heavy (non-hydrogen) atoms. The maximum atomic E-state index is 12.6. The van der Waals surface area contributed by atoms with Gasteiger partial charge in [-0.1, -0.05) is 69.6 Å². The Labute approximate surface area is 167 Å². The summed E-state index contributed by atoms with van der Waals surface area (Å²) in [7, 11) is 0. The lowest BCUT2D eigenvalue weighted by molar-refractivity contribution is -0.123. The first-order valence-electron chi connectivity index (χ1n) is 8.00. The van der Waals surface area contributed by atoms with Crippen LogP contribution in [0.25, 0.3) is 17.5 Å². The topological polar surface area (TPSA) is 76.3 Å². The Morgan fingerprint density at radius 3 is 2.59 bits per heavy atom. The lowest BCUT2D eigenvalue weighted by atomic mass is 10.2. The molecule has 0 radical (unpaired) electrons. The van der Waals surface area contributed by atoms with Crippen LogP contribution in [0.1, 0.15) is 11.5 Å². The van der Waals surface area contributed by atoms with Crippen LogP contribution in [-0.4, -0.2) is 26.2 Å². The fourth-order valence-electron chi connectivity index (χ4n) is 2.53. The molecule has 0 aliphatic carbocycles. The highest BCUT2D eigenvalue weighted by molar-refractivity contribution is 9.10. The van der Waals surface area contributed by atoms with Gasteiger partial charge in [-0.15, -0.1) is 0 Å². The molecule has 1 saturated heterocycles.